The summed E-state index contributed by atoms with van der Waals surface area (Å²) in [5, 5.41) is 5.52. The molecule has 25 heavy (non-hydrogen) atoms. The Bertz CT molecular complexity index is 768. The van der Waals surface area contributed by atoms with Gasteiger partial charge in [-0.2, -0.15) is 0 Å². The summed E-state index contributed by atoms with van der Waals surface area (Å²) in [7, 11) is 0. The van der Waals surface area contributed by atoms with Crippen LogP contribution in [0.15, 0.2) is 47.6 Å². The molecule has 2 atom stereocenters. The van der Waals surface area contributed by atoms with Crippen LogP contribution in [0.5, 0.6) is 0 Å². The van der Waals surface area contributed by atoms with E-state index < -0.39 is 0 Å². The maximum Gasteiger partial charge on any atom is 0.143 e. The molecule has 0 aliphatic heterocycles. The molecule has 0 N–H and O–H groups in total. The molecule has 0 amide bonds. The van der Waals surface area contributed by atoms with Crippen molar-refractivity contribution in [1.29, 1.82) is 0 Å². The maximum atomic E-state index is 6.14. The predicted molar refractivity (Wildman–Crippen MR) is 106 cm³/mol. The Morgan fingerprint density at radius 1 is 1.16 bits per heavy atom. The van der Waals surface area contributed by atoms with E-state index in [9.17, 15) is 0 Å². The smallest absolute Gasteiger partial charge is 0.143 e. The minimum atomic E-state index is 0.355. The highest BCUT2D eigenvalue weighted by Gasteiger charge is 2.40. The average molecular weight is 376 g/mol. The second-order valence-corrected chi connectivity index (χ2v) is 7.86. The fourth-order valence-corrected chi connectivity index (χ4v) is 3.53. The Labute approximate surface area is 159 Å². The van der Waals surface area contributed by atoms with E-state index in [2.05, 4.69) is 43.3 Å². The number of rotatable bonds is 6. The van der Waals surface area contributed by atoms with E-state index in [1.54, 1.807) is 12.1 Å². The third-order valence-corrected chi connectivity index (χ3v) is 5.39. The monoisotopic (exact) mass is 375 g/mol. The van der Waals surface area contributed by atoms with Gasteiger partial charge in [0.2, 0.25) is 0 Å². The molecule has 132 valence electrons. The zero-order valence-electron chi connectivity index (χ0n) is 14.8. The van der Waals surface area contributed by atoms with Gasteiger partial charge >= 0.3 is 0 Å². The van der Waals surface area contributed by atoms with Crippen LogP contribution in [0.3, 0.4) is 0 Å². The van der Waals surface area contributed by atoms with E-state index in [4.69, 9.17) is 28.0 Å². The number of nitrogens with zero attached hydrogens (tertiary/aromatic N) is 1. The number of benzene rings is 2. The molecule has 1 aliphatic carbocycles. The molecule has 1 fully saturated rings. The lowest BCUT2D eigenvalue weighted by Gasteiger charge is -2.07. The van der Waals surface area contributed by atoms with Crippen LogP contribution in [-0.4, -0.2) is 5.71 Å². The molecule has 2 nitrogen and oxygen atoms in total. The topological polar surface area (TPSA) is 21.6 Å². The molecule has 0 unspecified atom stereocenters. The van der Waals surface area contributed by atoms with Gasteiger partial charge in [-0.15, -0.1) is 0 Å². The van der Waals surface area contributed by atoms with E-state index in [1.807, 2.05) is 13.0 Å². The van der Waals surface area contributed by atoms with Crippen LogP contribution in [0.25, 0.3) is 0 Å². The number of hydrogen-bond acceptors (Lipinski definition) is 2. The summed E-state index contributed by atoms with van der Waals surface area (Å²) >= 11 is 12.0. The van der Waals surface area contributed by atoms with Crippen molar-refractivity contribution in [3.63, 3.8) is 0 Å². The Morgan fingerprint density at radius 2 is 1.88 bits per heavy atom. The third-order valence-electron chi connectivity index (χ3n) is 4.80. The molecule has 1 aliphatic rings. The summed E-state index contributed by atoms with van der Waals surface area (Å²) in [4.78, 5) is 5.50. The number of halogens is 2. The lowest BCUT2D eigenvalue weighted by molar-refractivity contribution is 0.129. The Morgan fingerprint density at radius 3 is 2.52 bits per heavy atom. The highest BCUT2D eigenvalue weighted by Crippen LogP contribution is 2.48. The average Bonchev–Trinajstić information content (AvgIpc) is 3.37. The summed E-state index contributed by atoms with van der Waals surface area (Å²) in [5.74, 6) is 1.61. The van der Waals surface area contributed by atoms with Gasteiger partial charge in [0.05, 0.1) is 5.71 Å². The Hall–Kier alpha value is -1.51. The first-order valence-corrected chi connectivity index (χ1v) is 9.41. The van der Waals surface area contributed by atoms with E-state index in [1.165, 1.54) is 11.1 Å². The summed E-state index contributed by atoms with van der Waals surface area (Å²) in [6.07, 6.45) is 1.14. The fourth-order valence-electron chi connectivity index (χ4n) is 3.06. The van der Waals surface area contributed by atoms with Gasteiger partial charge in [-0.05, 0) is 48.4 Å². The normalized spacial score (nSPS) is 20.0. The van der Waals surface area contributed by atoms with Crippen LogP contribution in [-0.2, 0) is 11.4 Å². The van der Waals surface area contributed by atoms with Crippen molar-refractivity contribution >= 4 is 28.9 Å². The second kappa shape index (κ2) is 7.80. The highest BCUT2D eigenvalue weighted by molar-refractivity contribution is 6.35. The van der Waals surface area contributed by atoms with Crippen LogP contribution in [0, 0.1) is 5.92 Å². The van der Waals surface area contributed by atoms with E-state index >= 15 is 0 Å². The van der Waals surface area contributed by atoms with E-state index in [-0.39, 0.29) is 0 Å². The molecule has 1 saturated carbocycles. The zero-order chi connectivity index (χ0) is 18.0. The first kappa shape index (κ1) is 18.3. The number of hydrogen-bond donors (Lipinski definition) is 0. The first-order chi connectivity index (χ1) is 12.0. The van der Waals surface area contributed by atoms with Gasteiger partial charge in [0, 0.05) is 21.5 Å². The van der Waals surface area contributed by atoms with Crippen LogP contribution >= 0.6 is 23.2 Å². The van der Waals surface area contributed by atoms with E-state index in [0.29, 0.717) is 34.4 Å². The van der Waals surface area contributed by atoms with Gasteiger partial charge in [0.25, 0.3) is 0 Å². The van der Waals surface area contributed by atoms with Crippen molar-refractivity contribution in [2.45, 2.75) is 45.6 Å². The minimum absolute atomic E-state index is 0.355. The lowest BCUT2D eigenvalue weighted by atomic mass is 9.99. The molecule has 2 aromatic carbocycles. The number of oxime groups is 1. The van der Waals surface area contributed by atoms with Crippen LogP contribution in [0.2, 0.25) is 10.0 Å². The molecule has 0 heterocycles. The van der Waals surface area contributed by atoms with Gasteiger partial charge in [0.15, 0.2) is 0 Å². The van der Waals surface area contributed by atoms with Crippen molar-refractivity contribution in [3.8, 4) is 0 Å². The molecule has 3 rings (SSSR count). The Balaban J connectivity index is 1.55. The Kier molecular flexibility index (Phi) is 5.71. The van der Waals surface area contributed by atoms with Gasteiger partial charge in [-0.3, -0.25) is 0 Å². The lowest BCUT2D eigenvalue weighted by Crippen LogP contribution is -1.99. The SMILES string of the molecule is C/C(=N/OCc1ccc(Cl)cc1Cl)[C@@H]1C[C@H]1c1ccc(C(C)C)cc1. The van der Waals surface area contributed by atoms with Crippen molar-refractivity contribution in [2.24, 2.45) is 11.1 Å². The molecule has 0 spiro atoms. The fraction of sp³-hybridized carbons (Fsp3) is 0.381. The first-order valence-electron chi connectivity index (χ1n) is 8.66. The minimum Gasteiger partial charge on any atom is -0.391 e. The van der Waals surface area contributed by atoms with Gasteiger partial charge in [0.1, 0.15) is 6.61 Å². The summed E-state index contributed by atoms with van der Waals surface area (Å²) in [6.45, 7) is 6.83. The van der Waals surface area contributed by atoms with Crippen molar-refractivity contribution in [1.82, 2.24) is 0 Å². The van der Waals surface area contributed by atoms with E-state index in [0.717, 1.165) is 17.7 Å². The molecule has 4 heteroatoms. The van der Waals surface area contributed by atoms with Crippen molar-refractivity contribution in [2.75, 3.05) is 0 Å². The largest absolute Gasteiger partial charge is 0.391 e. The van der Waals surface area contributed by atoms with Gasteiger partial charge in [-0.25, -0.2) is 0 Å². The highest BCUT2D eigenvalue weighted by atomic mass is 35.5. The van der Waals surface area contributed by atoms with Gasteiger partial charge < -0.3 is 4.84 Å². The maximum absolute atomic E-state index is 6.14. The van der Waals surface area contributed by atoms with Gasteiger partial charge in [-0.1, -0.05) is 72.5 Å². The van der Waals surface area contributed by atoms with Crippen molar-refractivity contribution < 1.29 is 4.84 Å². The van der Waals surface area contributed by atoms with Crippen LogP contribution in [0.1, 0.15) is 55.7 Å². The molecule has 0 bridgehead atoms. The predicted octanol–water partition coefficient (Wildman–Crippen LogP) is 6.81. The molecular formula is C21H23Cl2NO. The quantitative estimate of drug-likeness (QED) is 0.401. The zero-order valence-corrected chi connectivity index (χ0v) is 16.3. The molecule has 2 aromatic rings. The summed E-state index contributed by atoms with van der Waals surface area (Å²) in [5.41, 5.74) is 4.71. The second-order valence-electron chi connectivity index (χ2n) is 7.01. The molecular weight excluding hydrogens is 353 g/mol. The molecule has 0 aromatic heterocycles. The standard InChI is InChI=1S/C21H23Cl2NO/c1-13(2)15-4-6-16(7-5-15)20-11-19(20)14(3)24-25-12-17-8-9-18(22)10-21(17)23/h4-10,13,19-20H,11-12H2,1-3H3/b24-14-/t19-,20-/m0/s1. The summed E-state index contributed by atoms with van der Waals surface area (Å²) in [6, 6.07) is 14.4. The van der Waals surface area contributed by atoms with Crippen LogP contribution in [0.4, 0.5) is 0 Å². The molecule has 0 saturated heterocycles. The third kappa shape index (κ3) is 4.56. The van der Waals surface area contributed by atoms with Crippen molar-refractivity contribution in [3.05, 3.63) is 69.2 Å². The summed E-state index contributed by atoms with van der Waals surface area (Å²) < 4.78 is 0. The van der Waals surface area contributed by atoms with Crippen LogP contribution < -0.4 is 0 Å². The molecule has 0 radical (unpaired) electrons.